The first-order valence-corrected chi connectivity index (χ1v) is 6.08. The normalized spacial score (nSPS) is 29.8. The van der Waals surface area contributed by atoms with Gasteiger partial charge in [0.1, 0.15) is 0 Å². The lowest BCUT2D eigenvalue weighted by Gasteiger charge is -2.13. The van der Waals surface area contributed by atoms with Gasteiger partial charge in [0.2, 0.25) is 0 Å². The smallest absolute Gasteiger partial charge is 0.0122 e. The largest absolute Gasteiger partial charge is 0.316 e. The van der Waals surface area contributed by atoms with Crippen molar-refractivity contribution >= 4 is 23.2 Å². The third-order valence-electron chi connectivity index (χ3n) is 4.39. The molecule has 2 fully saturated rings. The van der Waals surface area contributed by atoms with Crippen molar-refractivity contribution in [3.8, 4) is 0 Å². The number of nitrogens with one attached hydrogen (secondary N) is 1. The molecule has 1 saturated carbocycles. The van der Waals surface area contributed by atoms with Gasteiger partial charge in [-0.1, -0.05) is 42.5 Å². The summed E-state index contributed by atoms with van der Waals surface area (Å²) < 4.78 is 0. The zero-order valence-electron chi connectivity index (χ0n) is 9.65. The molecular formula is C15H16ClN. The highest BCUT2D eigenvalue weighted by Gasteiger charge is 2.57. The van der Waals surface area contributed by atoms with E-state index >= 15 is 0 Å². The van der Waals surface area contributed by atoms with E-state index in [0.29, 0.717) is 5.41 Å². The number of fused-ring (bicyclic) bond motifs is 2. The molecule has 0 bridgehead atoms. The van der Waals surface area contributed by atoms with Crippen molar-refractivity contribution in [2.45, 2.75) is 11.8 Å². The van der Waals surface area contributed by atoms with E-state index < -0.39 is 0 Å². The first kappa shape index (κ1) is 11.1. The second-order valence-electron chi connectivity index (χ2n) is 5.25. The van der Waals surface area contributed by atoms with Crippen LogP contribution < -0.4 is 5.32 Å². The molecule has 0 spiro atoms. The minimum atomic E-state index is 0. The maximum Gasteiger partial charge on any atom is 0.0122 e. The van der Waals surface area contributed by atoms with Crippen LogP contribution in [0.5, 0.6) is 0 Å². The Morgan fingerprint density at radius 3 is 2.59 bits per heavy atom. The third kappa shape index (κ3) is 1.50. The number of rotatable bonds is 1. The molecule has 1 N–H and O–H groups in total. The maximum atomic E-state index is 3.51. The summed E-state index contributed by atoms with van der Waals surface area (Å²) in [6, 6.07) is 15.6. The lowest BCUT2D eigenvalue weighted by atomic mass is 9.93. The van der Waals surface area contributed by atoms with Crippen LogP contribution in [-0.4, -0.2) is 13.1 Å². The topological polar surface area (TPSA) is 12.0 Å². The van der Waals surface area contributed by atoms with Gasteiger partial charge in [-0.05, 0) is 35.2 Å². The van der Waals surface area contributed by atoms with Crippen LogP contribution in [0.1, 0.15) is 12.0 Å². The van der Waals surface area contributed by atoms with Gasteiger partial charge in [0, 0.05) is 12.0 Å². The molecule has 0 unspecified atom stereocenters. The number of hydrogen-bond acceptors (Lipinski definition) is 1. The van der Waals surface area contributed by atoms with Crippen molar-refractivity contribution in [2.24, 2.45) is 5.92 Å². The van der Waals surface area contributed by atoms with Gasteiger partial charge >= 0.3 is 0 Å². The Labute approximate surface area is 108 Å². The van der Waals surface area contributed by atoms with Crippen molar-refractivity contribution in [3.63, 3.8) is 0 Å². The molecule has 2 aliphatic rings. The van der Waals surface area contributed by atoms with E-state index in [1.807, 2.05) is 0 Å². The van der Waals surface area contributed by atoms with Gasteiger partial charge in [-0.3, -0.25) is 0 Å². The molecule has 1 aliphatic carbocycles. The lowest BCUT2D eigenvalue weighted by Crippen LogP contribution is -2.19. The van der Waals surface area contributed by atoms with E-state index in [4.69, 9.17) is 0 Å². The number of piperidine rings is 1. The van der Waals surface area contributed by atoms with E-state index in [9.17, 15) is 0 Å². The van der Waals surface area contributed by atoms with Crippen LogP contribution in [0.15, 0.2) is 42.5 Å². The molecule has 88 valence electrons. The first-order valence-electron chi connectivity index (χ1n) is 6.08. The van der Waals surface area contributed by atoms with Crippen molar-refractivity contribution in [2.75, 3.05) is 13.1 Å². The summed E-state index contributed by atoms with van der Waals surface area (Å²) in [6.07, 6.45) is 1.39. The van der Waals surface area contributed by atoms with Crippen molar-refractivity contribution < 1.29 is 0 Å². The molecule has 2 aromatic rings. The quantitative estimate of drug-likeness (QED) is 0.814. The predicted octanol–water partition coefficient (Wildman–Crippen LogP) is 3.12. The minimum Gasteiger partial charge on any atom is -0.316 e. The molecule has 1 nitrogen and oxygen atoms in total. The van der Waals surface area contributed by atoms with Crippen molar-refractivity contribution in [3.05, 3.63) is 48.0 Å². The molecule has 2 heteroatoms. The number of benzene rings is 2. The third-order valence-corrected chi connectivity index (χ3v) is 4.39. The molecular weight excluding hydrogens is 230 g/mol. The summed E-state index contributed by atoms with van der Waals surface area (Å²) in [5, 5.41) is 6.24. The summed E-state index contributed by atoms with van der Waals surface area (Å²) in [7, 11) is 0. The first-order chi connectivity index (χ1) is 7.88. The molecule has 0 aromatic heterocycles. The van der Waals surface area contributed by atoms with Crippen molar-refractivity contribution in [1.29, 1.82) is 0 Å². The van der Waals surface area contributed by atoms with E-state index in [1.165, 1.54) is 30.3 Å². The van der Waals surface area contributed by atoms with Crippen LogP contribution in [0.4, 0.5) is 0 Å². The Hall–Kier alpha value is -1.05. The fraction of sp³-hybridized carbons (Fsp3) is 0.333. The van der Waals surface area contributed by atoms with Gasteiger partial charge in [0.15, 0.2) is 0 Å². The van der Waals surface area contributed by atoms with E-state index in [-0.39, 0.29) is 12.4 Å². The molecule has 2 aromatic carbocycles. The van der Waals surface area contributed by atoms with Crippen molar-refractivity contribution in [1.82, 2.24) is 5.32 Å². The second-order valence-corrected chi connectivity index (χ2v) is 5.25. The number of halogens is 1. The Bertz CT molecular complexity index is 566. The summed E-state index contributed by atoms with van der Waals surface area (Å²) >= 11 is 0. The average Bonchev–Trinajstić information content (AvgIpc) is 2.92. The Morgan fingerprint density at radius 1 is 1.06 bits per heavy atom. The minimum absolute atomic E-state index is 0. The highest BCUT2D eigenvalue weighted by molar-refractivity contribution is 5.85. The fourth-order valence-corrected chi connectivity index (χ4v) is 3.29. The highest BCUT2D eigenvalue weighted by atomic mass is 35.5. The maximum absolute atomic E-state index is 3.51. The van der Waals surface area contributed by atoms with Crippen LogP contribution >= 0.6 is 12.4 Å². The molecule has 0 radical (unpaired) electrons. The van der Waals surface area contributed by atoms with Gasteiger partial charge in [-0.2, -0.15) is 0 Å². The molecule has 1 heterocycles. The van der Waals surface area contributed by atoms with Crippen LogP contribution in [0, 0.1) is 5.92 Å². The monoisotopic (exact) mass is 245 g/mol. The van der Waals surface area contributed by atoms with Gasteiger partial charge in [0.25, 0.3) is 0 Å². The Kier molecular flexibility index (Phi) is 2.42. The van der Waals surface area contributed by atoms with E-state index in [1.54, 1.807) is 5.56 Å². The molecule has 1 saturated heterocycles. The van der Waals surface area contributed by atoms with Crippen LogP contribution in [-0.2, 0) is 5.41 Å². The van der Waals surface area contributed by atoms with E-state index in [2.05, 4.69) is 47.8 Å². The lowest BCUT2D eigenvalue weighted by molar-refractivity contribution is 0.676. The average molecular weight is 246 g/mol. The van der Waals surface area contributed by atoms with Gasteiger partial charge in [-0.25, -0.2) is 0 Å². The van der Waals surface area contributed by atoms with Gasteiger partial charge in [0.05, 0.1) is 0 Å². The summed E-state index contributed by atoms with van der Waals surface area (Å²) in [5.41, 5.74) is 2.03. The summed E-state index contributed by atoms with van der Waals surface area (Å²) in [4.78, 5) is 0. The molecule has 1 aliphatic heterocycles. The molecule has 17 heavy (non-hydrogen) atoms. The van der Waals surface area contributed by atoms with Gasteiger partial charge in [-0.15, -0.1) is 12.4 Å². The molecule has 0 amide bonds. The van der Waals surface area contributed by atoms with Crippen LogP contribution in [0.3, 0.4) is 0 Å². The fourth-order valence-electron chi connectivity index (χ4n) is 3.29. The number of hydrogen-bond donors (Lipinski definition) is 1. The van der Waals surface area contributed by atoms with Crippen LogP contribution in [0.2, 0.25) is 0 Å². The second kappa shape index (κ2) is 3.72. The highest BCUT2D eigenvalue weighted by Crippen LogP contribution is 2.56. The SMILES string of the molecule is Cl.c1ccc2cc([C@]34CNC[C@@H]3C4)ccc2c1. The predicted molar refractivity (Wildman–Crippen MR) is 73.9 cm³/mol. The standard InChI is InChI=1S/C15H15N.ClH/c1-2-4-12-7-13(6-5-11(12)3-1)15-8-14(15)9-16-10-15;/h1-7,14,16H,8-10H2;1H/t14-,15-;/m0./s1. The molecule has 4 rings (SSSR count). The Morgan fingerprint density at radius 2 is 1.88 bits per heavy atom. The van der Waals surface area contributed by atoms with E-state index in [0.717, 1.165) is 5.92 Å². The summed E-state index contributed by atoms with van der Waals surface area (Å²) in [5.74, 6) is 0.897. The zero-order chi connectivity index (χ0) is 10.6. The van der Waals surface area contributed by atoms with Crippen LogP contribution in [0.25, 0.3) is 10.8 Å². The van der Waals surface area contributed by atoms with Gasteiger partial charge < -0.3 is 5.32 Å². The Balaban J connectivity index is 0.000000902. The summed E-state index contributed by atoms with van der Waals surface area (Å²) in [6.45, 7) is 2.39. The zero-order valence-corrected chi connectivity index (χ0v) is 10.5. The molecule has 2 atom stereocenters.